The minimum atomic E-state index is -3.83. The summed E-state index contributed by atoms with van der Waals surface area (Å²) in [5.41, 5.74) is -0.406. The number of pyridine rings is 4. The monoisotopic (exact) mass is 1880 g/mol. The molecule has 4 saturated heterocycles. The molecule has 0 aliphatic carbocycles. The molecule has 8 aromatic heterocycles. The summed E-state index contributed by atoms with van der Waals surface area (Å²) in [7, 11) is 0. The van der Waals surface area contributed by atoms with Crippen LogP contribution < -0.4 is 71.3 Å². The number of hydrogen-bond acceptors (Lipinski definition) is 25. The van der Waals surface area contributed by atoms with Crippen molar-refractivity contribution in [1.29, 1.82) is 0 Å². The van der Waals surface area contributed by atoms with E-state index >= 15 is 0 Å². The topological polar surface area (TPSA) is 445 Å². The van der Waals surface area contributed by atoms with E-state index in [1.54, 1.807) is 92.1 Å². The highest BCUT2D eigenvalue weighted by Gasteiger charge is 2.41. The number of nitrogens with zero attached hydrogens (tertiary/aromatic N) is 12. The Morgan fingerprint density at radius 2 is 0.631 bits per heavy atom. The maximum atomic E-state index is 14.7. The zero-order valence-electron chi connectivity index (χ0n) is 68.4. The Balaban J connectivity index is 0.000000148. The lowest BCUT2D eigenvalue weighted by molar-refractivity contribution is -0.0972. The molecule has 4 fully saturated rings. The van der Waals surface area contributed by atoms with Gasteiger partial charge in [0.05, 0.1) is 68.4 Å². The molecule has 0 saturated carbocycles. The minimum absolute atomic E-state index is 0.0876. The van der Waals surface area contributed by atoms with E-state index in [2.05, 4.69) is 101 Å². The Morgan fingerprint density at radius 3 is 0.838 bits per heavy atom. The number of anilines is 8. The SMILES string of the molecule is C[C@@]1(O)CCN(c2ncc(C(=O)Nc3ccc(OC(F)(F)Cl)cc3)cc2-c2ccn[nH]2)C1.C[C@]1(O)CCN(c2ncc(C(=O)Nc3ccc(OC(F)(F)Cl)cc3)cc2-c2ccn[nH]2)C1.NCC1(F)CCN(c2ncc(C(=O)Nc3ccc(OC(F)(F)Cl)cc3)cc2-c2ccn[nH]2)C1.NCC1(O)CCN(c2ncc(C(=O)Nc3ccc(OC(F)(F)Cl)cc3)cc2-c2ccn[nH]2)C1. The van der Waals surface area contributed by atoms with Gasteiger partial charge in [-0.15, -0.1) is 35.1 Å². The first-order valence-electron chi connectivity index (χ1n) is 39.4. The molecule has 12 heterocycles. The summed E-state index contributed by atoms with van der Waals surface area (Å²) in [6.07, 6.45) is 14.0. The summed E-state index contributed by atoms with van der Waals surface area (Å²) in [5.74, 6) is -0.0371. The highest BCUT2D eigenvalue weighted by Crippen LogP contribution is 2.41. The number of nitrogens with one attached hydrogen (secondary N) is 8. The van der Waals surface area contributed by atoms with Crippen LogP contribution in [0.2, 0.25) is 0 Å². The zero-order chi connectivity index (χ0) is 93.1. The molecular weight excluding hydrogens is 1810 g/mol. The summed E-state index contributed by atoms with van der Waals surface area (Å²) >= 11 is 19.0. The average Bonchev–Trinajstić information content (AvgIpc) is 1.71. The second-order valence-corrected chi connectivity index (χ2v) is 32.6. The molecule has 46 heteroatoms. The van der Waals surface area contributed by atoms with Gasteiger partial charge in [-0.25, -0.2) is 24.3 Å². The number of benzene rings is 4. The number of nitrogens with two attached hydrogens (primary N) is 2. The normalized spacial score (nSPS) is 18.5. The van der Waals surface area contributed by atoms with Crippen molar-refractivity contribution in [2.45, 2.75) is 84.3 Å². The summed E-state index contributed by atoms with van der Waals surface area (Å²) in [5, 5.41) is 69.2. The molecule has 4 aromatic carbocycles. The third-order valence-electron chi connectivity index (χ3n) is 20.5. The van der Waals surface area contributed by atoms with Crippen molar-refractivity contribution in [2.24, 2.45) is 11.5 Å². The van der Waals surface area contributed by atoms with Crippen molar-refractivity contribution in [3.05, 3.63) is 217 Å². The van der Waals surface area contributed by atoms with Gasteiger partial charge in [0.2, 0.25) is 0 Å². The van der Waals surface area contributed by atoms with Crippen LogP contribution in [0.25, 0.3) is 45.0 Å². The number of alkyl halides is 13. The molecule has 12 aromatic rings. The predicted molar refractivity (Wildman–Crippen MR) is 466 cm³/mol. The van der Waals surface area contributed by atoms with Gasteiger partial charge in [-0.1, -0.05) is 0 Å². The molecular formula is C84H81Cl4F9N22O11. The van der Waals surface area contributed by atoms with E-state index in [1.165, 1.54) is 122 Å². The first kappa shape index (κ1) is 94.5. The first-order chi connectivity index (χ1) is 61.5. The molecule has 0 spiro atoms. The van der Waals surface area contributed by atoms with Crippen LogP contribution in [0.5, 0.6) is 23.0 Å². The molecule has 33 nitrogen and oxygen atoms in total. The maximum Gasteiger partial charge on any atom is 0.487 e. The predicted octanol–water partition coefficient (Wildman–Crippen LogP) is 14.3. The fraction of sp³-hybridized carbons (Fsp3) is 0.286. The Hall–Kier alpha value is -13.1. The molecule has 15 N–H and O–H groups in total. The number of carbonyl (C=O) groups excluding carboxylic acids is 4. The molecule has 0 radical (unpaired) electrons. The molecule has 4 aliphatic heterocycles. The number of aliphatic hydroxyl groups is 3. The summed E-state index contributed by atoms with van der Waals surface area (Å²) in [6, 6.07) is 35.0. The van der Waals surface area contributed by atoms with Crippen LogP contribution in [0.3, 0.4) is 0 Å². The smallest absolute Gasteiger partial charge is 0.420 e. The van der Waals surface area contributed by atoms with E-state index in [9.17, 15) is 74.0 Å². The van der Waals surface area contributed by atoms with Crippen LogP contribution in [0.1, 0.15) is 81.0 Å². The molecule has 130 heavy (non-hydrogen) atoms. The van der Waals surface area contributed by atoms with Gasteiger partial charge in [-0.2, -0.15) is 20.4 Å². The second kappa shape index (κ2) is 39.5. The number of ether oxygens (including phenoxy) is 4. The van der Waals surface area contributed by atoms with E-state index in [-0.39, 0.29) is 71.3 Å². The Kier molecular flexibility index (Phi) is 28.7. The lowest BCUT2D eigenvalue weighted by Crippen LogP contribution is -2.40. The third-order valence-corrected chi connectivity index (χ3v) is 20.9. The largest absolute Gasteiger partial charge is 0.487 e. The van der Waals surface area contributed by atoms with Crippen LogP contribution in [-0.2, 0) is 0 Å². The van der Waals surface area contributed by atoms with E-state index < -0.39 is 68.4 Å². The Bertz CT molecular complexity index is 5520. The van der Waals surface area contributed by atoms with Gasteiger partial charge in [0.15, 0.2) is 0 Å². The number of β-amino-alcohol motifs (C(OH)–C–C–N with tert-alkyl or cyclic N) is 3. The summed E-state index contributed by atoms with van der Waals surface area (Å²) in [6.45, 7) is 7.09. The molecule has 4 amide bonds. The molecule has 4 aliphatic rings. The quantitative estimate of drug-likeness (QED) is 0.0177. The van der Waals surface area contributed by atoms with E-state index in [0.29, 0.717) is 156 Å². The van der Waals surface area contributed by atoms with Crippen LogP contribution in [0, 0.1) is 0 Å². The van der Waals surface area contributed by atoms with E-state index in [1.807, 2.05) is 14.7 Å². The van der Waals surface area contributed by atoms with E-state index in [0.717, 1.165) is 0 Å². The number of amides is 4. The standard InChI is InChI=1S/C21H20ClF3N6O2.C21H21ClF2N6O3.2C21H20ClF2N5O3/c22-21(24,25)33-15-3-1-14(2-4-15)29-19(32)13-9-16(17-5-7-28-30-17)18(27-10-13)31-8-6-20(23,11-26)12-31;22-21(23,24)33-15-3-1-14(2-4-15)28-19(31)13-9-16(17-5-7-27-29-17)18(26-10-13)30-8-6-20(32,11-25)12-30;2*1-20(31)7-9-29(12-20)18-16(17-6-8-26-28-17)10-13(11-25-18)19(30)27-14-2-4-15(5-3-14)32-21(22,23)24/h1-5,7,9-10H,6,8,11-12,26H2,(H,28,30)(H,29,32);1-5,7,9-10,32H,6,8,11-12,25H2,(H,27,29)(H,28,31);2*2-6,8,10-11,31H,7,9,12H2,1H3,(H,26,28)(H,27,30)/t;;2*20-/m..10/s1. The van der Waals surface area contributed by atoms with Crippen molar-refractivity contribution in [1.82, 2.24) is 60.7 Å². The van der Waals surface area contributed by atoms with Gasteiger partial charge in [0.25, 0.3) is 23.6 Å². The summed E-state index contributed by atoms with van der Waals surface area (Å²) in [4.78, 5) is 76.7. The minimum Gasteiger partial charge on any atom is -0.420 e. The van der Waals surface area contributed by atoms with Crippen molar-refractivity contribution in [3.63, 3.8) is 0 Å². The number of rotatable bonds is 26. The molecule has 684 valence electrons. The van der Waals surface area contributed by atoms with Gasteiger partial charge in [-0.3, -0.25) is 39.6 Å². The number of hydrogen-bond donors (Lipinski definition) is 13. The fourth-order valence-corrected chi connectivity index (χ4v) is 14.5. The van der Waals surface area contributed by atoms with Crippen LogP contribution in [0.4, 0.5) is 85.5 Å². The molecule has 0 bridgehead atoms. The van der Waals surface area contributed by atoms with E-state index in [4.69, 9.17) is 57.9 Å². The second-order valence-electron chi connectivity index (χ2n) is 30.8. The number of H-pyrrole nitrogens is 4. The Labute approximate surface area is 753 Å². The zero-order valence-corrected chi connectivity index (χ0v) is 71.4. The van der Waals surface area contributed by atoms with Gasteiger partial charge in [0.1, 0.15) is 51.9 Å². The number of carbonyl (C=O) groups is 4. The van der Waals surface area contributed by atoms with Gasteiger partial charge < -0.3 is 86.6 Å². The van der Waals surface area contributed by atoms with Gasteiger partial charge in [-0.05, 0) is 179 Å². The van der Waals surface area contributed by atoms with Crippen LogP contribution in [-0.4, -0.2) is 210 Å². The first-order valence-corrected chi connectivity index (χ1v) is 41.0. The van der Waals surface area contributed by atoms with Crippen molar-refractivity contribution in [3.8, 4) is 68.0 Å². The Morgan fingerprint density at radius 1 is 0.385 bits per heavy atom. The molecule has 16 rings (SSSR count). The lowest BCUT2D eigenvalue weighted by Gasteiger charge is -2.24. The lowest BCUT2D eigenvalue weighted by atomic mass is 10.0. The maximum absolute atomic E-state index is 14.7. The number of aromatic nitrogens is 12. The molecule has 4 atom stereocenters. The number of aromatic amines is 4. The van der Waals surface area contributed by atoms with Gasteiger partial charge >= 0.3 is 22.3 Å². The molecule has 2 unspecified atom stereocenters. The highest BCUT2D eigenvalue weighted by molar-refractivity contribution is 6.21. The van der Waals surface area contributed by atoms with Crippen molar-refractivity contribution < 1.29 is 93.0 Å². The van der Waals surface area contributed by atoms with Gasteiger partial charge in [0, 0.05) is 206 Å². The summed E-state index contributed by atoms with van der Waals surface area (Å²) < 4.78 is 134. The third kappa shape index (κ3) is 25.7. The van der Waals surface area contributed by atoms with Crippen molar-refractivity contribution in [2.75, 3.05) is 106 Å². The van der Waals surface area contributed by atoms with Crippen LogP contribution in [0.15, 0.2) is 195 Å². The van der Waals surface area contributed by atoms with Crippen molar-refractivity contribution >= 4 is 116 Å². The number of halogens is 13. The fourth-order valence-electron chi connectivity index (χ4n) is 14.2. The highest BCUT2D eigenvalue weighted by atomic mass is 35.5. The van der Waals surface area contributed by atoms with Crippen LogP contribution >= 0.6 is 46.4 Å². The average molecular weight is 1890 g/mol.